The number of benzene rings is 2. The quantitative estimate of drug-likeness (QED) is 0.480. The second-order valence-corrected chi connectivity index (χ2v) is 5.99. The fourth-order valence-electron chi connectivity index (χ4n) is 1.49. The van der Waals surface area contributed by atoms with Crippen LogP contribution in [0.4, 0.5) is 11.4 Å². The molecule has 0 amide bonds. The zero-order valence-corrected chi connectivity index (χ0v) is 11.3. The summed E-state index contributed by atoms with van der Waals surface area (Å²) in [6, 6.07) is 13.5. The Morgan fingerprint density at radius 1 is 0.789 bits per heavy atom. The first-order valence-electron chi connectivity index (χ1n) is 5.23. The van der Waals surface area contributed by atoms with Gasteiger partial charge in [0.2, 0.25) is 0 Å². The molecule has 2 rings (SSSR count). The normalized spacial score (nSPS) is 10.1. The van der Waals surface area contributed by atoms with E-state index in [0.29, 0.717) is 0 Å². The molecule has 6 nitrogen and oxygen atoms in total. The van der Waals surface area contributed by atoms with E-state index in [0.717, 1.165) is 8.92 Å². The Kier molecular flexibility index (Phi) is 3.89. The van der Waals surface area contributed by atoms with Crippen molar-refractivity contribution in [2.24, 2.45) is 0 Å². The second kappa shape index (κ2) is 5.60. The molecule has 0 saturated carbocycles. The van der Waals surface area contributed by atoms with Gasteiger partial charge in [-0.15, -0.1) is 0 Å². The van der Waals surface area contributed by atoms with Gasteiger partial charge in [0, 0.05) is 0 Å². The Bertz CT molecular complexity index is 631. The van der Waals surface area contributed by atoms with Gasteiger partial charge in [0.15, 0.2) is 0 Å². The van der Waals surface area contributed by atoms with E-state index in [2.05, 4.69) is 0 Å². The third kappa shape index (κ3) is 3.15. The first-order valence-corrected chi connectivity index (χ1v) is 6.95. The minimum absolute atomic E-state index is 0.110. The van der Waals surface area contributed by atoms with Crippen molar-refractivity contribution < 1.29 is 9.85 Å². The Labute approximate surface area is 114 Å². The standard InChI is InChI=1S/C12H8N2O4Se/c15-13(16)11-7-6-10(8-12(11)14(17)18)19-9-4-2-1-3-5-9/h1-8H. The molecule has 0 aliphatic heterocycles. The van der Waals surface area contributed by atoms with Crippen molar-refractivity contribution in [2.45, 2.75) is 0 Å². The average molecular weight is 323 g/mol. The third-order valence-electron chi connectivity index (χ3n) is 2.32. The Morgan fingerprint density at radius 3 is 2.00 bits per heavy atom. The molecule has 2 aromatic rings. The number of hydrogen-bond acceptors (Lipinski definition) is 4. The monoisotopic (exact) mass is 324 g/mol. The van der Waals surface area contributed by atoms with Crippen molar-refractivity contribution in [3.8, 4) is 0 Å². The van der Waals surface area contributed by atoms with Gasteiger partial charge < -0.3 is 0 Å². The zero-order chi connectivity index (χ0) is 13.8. The molecule has 0 saturated heterocycles. The summed E-state index contributed by atoms with van der Waals surface area (Å²) in [5.74, 6) is 0. The van der Waals surface area contributed by atoms with Crippen LogP contribution < -0.4 is 8.92 Å². The van der Waals surface area contributed by atoms with Crippen molar-refractivity contribution >= 4 is 35.3 Å². The summed E-state index contributed by atoms with van der Waals surface area (Å²) in [6.07, 6.45) is 0. The molecule has 0 spiro atoms. The number of nitro groups is 2. The molecular weight excluding hydrogens is 315 g/mol. The molecule has 0 aliphatic rings. The third-order valence-corrected chi connectivity index (χ3v) is 4.41. The SMILES string of the molecule is O=[N+]([O-])c1ccc([Se]c2ccccc2)cc1[N+](=O)[O-]. The predicted octanol–water partition coefficient (Wildman–Crippen LogP) is 1.16. The van der Waals surface area contributed by atoms with E-state index in [1.54, 1.807) is 6.07 Å². The van der Waals surface area contributed by atoms with Gasteiger partial charge in [-0.3, -0.25) is 0 Å². The molecular formula is C12H8N2O4Se. The summed E-state index contributed by atoms with van der Waals surface area (Å²) in [5, 5.41) is 21.5. The Morgan fingerprint density at radius 2 is 1.42 bits per heavy atom. The summed E-state index contributed by atoms with van der Waals surface area (Å²) in [4.78, 5) is 20.1. The van der Waals surface area contributed by atoms with Crippen LogP contribution in [-0.4, -0.2) is 24.8 Å². The molecule has 0 aliphatic carbocycles. The van der Waals surface area contributed by atoms with Gasteiger partial charge in [-0.1, -0.05) is 0 Å². The van der Waals surface area contributed by atoms with Gasteiger partial charge in [-0.2, -0.15) is 0 Å². The van der Waals surface area contributed by atoms with E-state index in [9.17, 15) is 20.2 Å². The maximum absolute atomic E-state index is 10.8. The molecule has 7 heteroatoms. The van der Waals surface area contributed by atoms with E-state index >= 15 is 0 Å². The minimum atomic E-state index is -0.739. The van der Waals surface area contributed by atoms with Crippen molar-refractivity contribution in [2.75, 3.05) is 0 Å². The van der Waals surface area contributed by atoms with Crippen LogP contribution in [0.3, 0.4) is 0 Å². The molecule has 2 aromatic carbocycles. The molecule has 0 atom stereocenters. The number of rotatable bonds is 4. The molecule has 0 aromatic heterocycles. The van der Waals surface area contributed by atoms with E-state index < -0.39 is 21.2 Å². The second-order valence-electron chi connectivity index (χ2n) is 3.58. The number of nitro benzene ring substituents is 2. The van der Waals surface area contributed by atoms with E-state index in [-0.39, 0.29) is 15.0 Å². The number of nitrogens with zero attached hydrogens (tertiary/aromatic N) is 2. The summed E-state index contributed by atoms with van der Waals surface area (Å²) in [5.41, 5.74) is -0.932. The van der Waals surface area contributed by atoms with Gasteiger partial charge in [0.25, 0.3) is 0 Å². The van der Waals surface area contributed by atoms with Crippen LogP contribution in [0.25, 0.3) is 0 Å². The van der Waals surface area contributed by atoms with Crippen molar-refractivity contribution in [1.82, 2.24) is 0 Å². The van der Waals surface area contributed by atoms with Crippen molar-refractivity contribution in [3.63, 3.8) is 0 Å². The molecule has 0 radical (unpaired) electrons. The van der Waals surface area contributed by atoms with Crippen LogP contribution in [0, 0.1) is 20.2 Å². The first-order chi connectivity index (χ1) is 9.08. The van der Waals surface area contributed by atoms with Gasteiger partial charge in [-0.05, 0) is 0 Å². The Hall–Kier alpha value is -2.24. The van der Waals surface area contributed by atoms with Gasteiger partial charge >= 0.3 is 114 Å². The summed E-state index contributed by atoms with van der Waals surface area (Å²) < 4.78 is 1.79. The van der Waals surface area contributed by atoms with E-state index in [4.69, 9.17) is 0 Å². The summed E-state index contributed by atoms with van der Waals surface area (Å²) in [7, 11) is 0. The molecule has 96 valence electrons. The van der Waals surface area contributed by atoms with Crippen molar-refractivity contribution in [3.05, 3.63) is 68.8 Å². The zero-order valence-electron chi connectivity index (χ0n) is 9.55. The molecule has 0 bridgehead atoms. The molecule has 0 unspecified atom stereocenters. The van der Waals surface area contributed by atoms with Crippen LogP contribution >= 0.6 is 0 Å². The van der Waals surface area contributed by atoms with Crippen LogP contribution in [-0.2, 0) is 0 Å². The first kappa shape index (κ1) is 13.2. The van der Waals surface area contributed by atoms with Crippen LogP contribution in [0.2, 0.25) is 0 Å². The van der Waals surface area contributed by atoms with Gasteiger partial charge in [0.1, 0.15) is 0 Å². The Balaban J connectivity index is 2.36. The number of hydrogen-bond donors (Lipinski definition) is 0. The average Bonchev–Trinajstić information content (AvgIpc) is 2.39. The topological polar surface area (TPSA) is 86.3 Å². The maximum atomic E-state index is 10.8. The summed E-state index contributed by atoms with van der Waals surface area (Å²) >= 11 is -0.110. The van der Waals surface area contributed by atoms with Gasteiger partial charge in [-0.25, -0.2) is 0 Å². The van der Waals surface area contributed by atoms with Crippen LogP contribution in [0.5, 0.6) is 0 Å². The van der Waals surface area contributed by atoms with Crippen molar-refractivity contribution in [1.29, 1.82) is 0 Å². The van der Waals surface area contributed by atoms with Gasteiger partial charge in [0.05, 0.1) is 0 Å². The fraction of sp³-hybridized carbons (Fsp3) is 0. The van der Waals surface area contributed by atoms with Crippen LogP contribution in [0.15, 0.2) is 48.5 Å². The molecule has 0 fully saturated rings. The van der Waals surface area contributed by atoms with Crippen LogP contribution in [0.1, 0.15) is 0 Å². The molecule has 0 heterocycles. The predicted molar refractivity (Wildman–Crippen MR) is 71.2 cm³/mol. The molecule has 0 N–H and O–H groups in total. The summed E-state index contributed by atoms with van der Waals surface area (Å²) in [6.45, 7) is 0. The van der Waals surface area contributed by atoms with E-state index in [1.807, 2.05) is 30.3 Å². The fourth-order valence-corrected chi connectivity index (χ4v) is 3.32. The molecule has 19 heavy (non-hydrogen) atoms. The van der Waals surface area contributed by atoms with E-state index in [1.165, 1.54) is 12.1 Å².